The lowest BCUT2D eigenvalue weighted by Crippen LogP contribution is -2.42. The van der Waals surface area contributed by atoms with Crippen molar-refractivity contribution in [1.29, 1.82) is 0 Å². The zero-order chi connectivity index (χ0) is 11.4. The molecule has 0 radical (unpaired) electrons. The van der Waals surface area contributed by atoms with Crippen LogP contribution in [-0.4, -0.2) is 54.8 Å². The standard InChI is InChI=1S/C10H17ClN4O/c1-12-6-8(9-10(11)14-7-13-9)15-2-4-16-5-3-15/h7-8,12H,2-6H2,1H3,(H,13,14). The number of morpholine rings is 1. The molecule has 90 valence electrons. The summed E-state index contributed by atoms with van der Waals surface area (Å²) in [5.41, 5.74) is 0.984. The zero-order valence-corrected chi connectivity index (χ0v) is 10.1. The van der Waals surface area contributed by atoms with E-state index in [4.69, 9.17) is 16.3 Å². The van der Waals surface area contributed by atoms with Crippen molar-refractivity contribution in [2.45, 2.75) is 6.04 Å². The molecular weight excluding hydrogens is 228 g/mol. The van der Waals surface area contributed by atoms with Crippen LogP contribution in [0.25, 0.3) is 0 Å². The van der Waals surface area contributed by atoms with Gasteiger partial charge in [-0.25, -0.2) is 4.98 Å². The molecule has 1 aliphatic rings. The van der Waals surface area contributed by atoms with E-state index in [9.17, 15) is 0 Å². The summed E-state index contributed by atoms with van der Waals surface area (Å²) in [6, 6.07) is 0.240. The summed E-state index contributed by atoms with van der Waals surface area (Å²) in [5, 5.41) is 3.75. The third-order valence-corrected chi connectivity index (χ3v) is 3.14. The van der Waals surface area contributed by atoms with Crippen molar-refractivity contribution in [2.75, 3.05) is 39.9 Å². The first kappa shape index (κ1) is 11.9. The predicted molar refractivity (Wildman–Crippen MR) is 62.7 cm³/mol. The average Bonchev–Trinajstić information content (AvgIpc) is 2.73. The highest BCUT2D eigenvalue weighted by molar-refractivity contribution is 6.30. The van der Waals surface area contributed by atoms with Gasteiger partial charge in [-0.1, -0.05) is 11.6 Å². The van der Waals surface area contributed by atoms with Crippen LogP contribution in [0.5, 0.6) is 0 Å². The molecule has 0 bridgehead atoms. The Morgan fingerprint density at radius 3 is 2.94 bits per heavy atom. The minimum absolute atomic E-state index is 0.240. The molecule has 5 nitrogen and oxygen atoms in total. The fraction of sp³-hybridized carbons (Fsp3) is 0.700. The Morgan fingerprint density at radius 2 is 2.38 bits per heavy atom. The highest BCUT2D eigenvalue weighted by Crippen LogP contribution is 2.24. The maximum absolute atomic E-state index is 6.06. The maximum atomic E-state index is 6.06. The van der Waals surface area contributed by atoms with E-state index in [0.29, 0.717) is 5.15 Å². The minimum Gasteiger partial charge on any atom is -0.379 e. The van der Waals surface area contributed by atoms with Crippen molar-refractivity contribution < 1.29 is 4.74 Å². The van der Waals surface area contributed by atoms with Gasteiger partial charge >= 0.3 is 0 Å². The van der Waals surface area contributed by atoms with Crippen molar-refractivity contribution in [3.05, 3.63) is 17.2 Å². The molecule has 2 heterocycles. The van der Waals surface area contributed by atoms with Crippen LogP contribution in [0.3, 0.4) is 0 Å². The monoisotopic (exact) mass is 244 g/mol. The summed E-state index contributed by atoms with van der Waals surface area (Å²) < 4.78 is 5.35. The fourth-order valence-corrected chi connectivity index (χ4v) is 2.25. The first-order valence-electron chi connectivity index (χ1n) is 5.48. The zero-order valence-electron chi connectivity index (χ0n) is 9.37. The van der Waals surface area contributed by atoms with Crippen LogP contribution < -0.4 is 5.32 Å². The molecule has 16 heavy (non-hydrogen) atoms. The lowest BCUT2D eigenvalue weighted by atomic mass is 10.1. The molecule has 1 aliphatic heterocycles. The van der Waals surface area contributed by atoms with Crippen LogP contribution >= 0.6 is 11.6 Å². The van der Waals surface area contributed by atoms with E-state index >= 15 is 0 Å². The summed E-state index contributed by atoms with van der Waals surface area (Å²) in [5.74, 6) is 0. The van der Waals surface area contributed by atoms with Crippen LogP contribution in [0.15, 0.2) is 6.33 Å². The predicted octanol–water partition coefficient (Wildman–Crippen LogP) is 0.656. The van der Waals surface area contributed by atoms with E-state index in [1.807, 2.05) is 7.05 Å². The number of likely N-dealkylation sites (N-methyl/N-ethyl adjacent to an activating group) is 1. The van der Waals surface area contributed by atoms with Crippen molar-refractivity contribution in [3.63, 3.8) is 0 Å². The molecule has 1 aromatic rings. The summed E-state index contributed by atoms with van der Waals surface area (Å²) in [6.45, 7) is 4.28. The molecule has 0 aliphatic carbocycles. The van der Waals surface area contributed by atoms with Crippen LogP contribution in [0.4, 0.5) is 0 Å². The van der Waals surface area contributed by atoms with Crippen molar-refractivity contribution >= 4 is 11.6 Å². The van der Waals surface area contributed by atoms with E-state index in [1.165, 1.54) is 0 Å². The van der Waals surface area contributed by atoms with Crippen molar-refractivity contribution in [3.8, 4) is 0 Å². The van der Waals surface area contributed by atoms with Gasteiger partial charge in [-0.2, -0.15) is 0 Å². The third kappa shape index (κ3) is 2.55. The summed E-state index contributed by atoms with van der Waals surface area (Å²) in [4.78, 5) is 9.52. The second kappa shape index (κ2) is 5.63. The smallest absolute Gasteiger partial charge is 0.151 e. The van der Waals surface area contributed by atoms with Gasteiger partial charge in [-0.15, -0.1) is 0 Å². The molecule has 1 aromatic heterocycles. The van der Waals surface area contributed by atoms with Gasteiger partial charge in [-0.05, 0) is 7.05 Å². The van der Waals surface area contributed by atoms with E-state index in [1.54, 1.807) is 6.33 Å². The van der Waals surface area contributed by atoms with Gasteiger partial charge in [0.2, 0.25) is 0 Å². The number of aromatic nitrogens is 2. The molecule has 1 fully saturated rings. The van der Waals surface area contributed by atoms with E-state index < -0.39 is 0 Å². The van der Waals surface area contributed by atoms with Crippen LogP contribution in [-0.2, 0) is 4.74 Å². The number of imidazole rings is 1. The highest BCUT2D eigenvalue weighted by Gasteiger charge is 2.25. The van der Waals surface area contributed by atoms with Gasteiger partial charge in [0.25, 0.3) is 0 Å². The summed E-state index contributed by atoms with van der Waals surface area (Å²) in [6.07, 6.45) is 1.64. The number of ether oxygens (including phenoxy) is 1. The van der Waals surface area contributed by atoms with Gasteiger partial charge in [0.05, 0.1) is 31.3 Å². The van der Waals surface area contributed by atoms with E-state index in [2.05, 4.69) is 20.2 Å². The number of nitrogens with zero attached hydrogens (tertiary/aromatic N) is 2. The fourth-order valence-electron chi connectivity index (χ4n) is 2.02. The molecule has 0 aromatic carbocycles. The van der Waals surface area contributed by atoms with Crippen LogP contribution in [0, 0.1) is 0 Å². The molecular formula is C10H17ClN4O. The number of hydrogen-bond acceptors (Lipinski definition) is 4. The Bertz CT molecular complexity index is 324. The Hall–Kier alpha value is -0.620. The minimum atomic E-state index is 0.240. The number of nitrogens with one attached hydrogen (secondary N) is 2. The van der Waals surface area contributed by atoms with Gasteiger partial charge < -0.3 is 15.0 Å². The molecule has 0 amide bonds. The Labute approximate surface area is 100 Å². The molecule has 0 spiro atoms. The van der Waals surface area contributed by atoms with Gasteiger partial charge in [0, 0.05) is 19.6 Å². The quantitative estimate of drug-likeness (QED) is 0.817. The lowest BCUT2D eigenvalue weighted by molar-refractivity contribution is 0.0158. The first-order chi connectivity index (χ1) is 7.83. The number of rotatable bonds is 4. The SMILES string of the molecule is CNCC(c1[nH]cnc1Cl)N1CCOCC1. The van der Waals surface area contributed by atoms with Crippen molar-refractivity contribution in [2.24, 2.45) is 0 Å². The molecule has 2 rings (SSSR count). The number of H-pyrrole nitrogens is 1. The van der Waals surface area contributed by atoms with Crippen molar-refractivity contribution in [1.82, 2.24) is 20.2 Å². The van der Waals surface area contributed by atoms with E-state index in [-0.39, 0.29) is 6.04 Å². The molecule has 6 heteroatoms. The maximum Gasteiger partial charge on any atom is 0.151 e. The van der Waals surface area contributed by atoms with Gasteiger partial charge in [-0.3, -0.25) is 4.90 Å². The van der Waals surface area contributed by atoms with Crippen LogP contribution in [0.2, 0.25) is 5.15 Å². The Morgan fingerprint density at radius 1 is 1.62 bits per heavy atom. The molecule has 1 saturated heterocycles. The topological polar surface area (TPSA) is 53.2 Å². The number of halogens is 1. The second-order valence-corrected chi connectivity index (χ2v) is 4.19. The summed E-state index contributed by atoms with van der Waals surface area (Å²) in [7, 11) is 1.94. The first-order valence-corrected chi connectivity index (χ1v) is 5.86. The lowest BCUT2D eigenvalue weighted by Gasteiger charge is -2.33. The molecule has 0 saturated carbocycles. The van der Waals surface area contributed by atoms with Crippen LogP contribution in [0.1, 0.15) is 11.7 Å². The Kier molecular flexibility index (Phi) is 4.17. The largest absolute Gasteiger partial charge is 0.379 e. The number of hydrogen-bond donors (Lipinski definition) is 2. The van der Waals surface area contributed by atoms with Gasteiger partial charge in [0.15, 0.2) is 5.15 Å². The Balaban J connectivity index is 2.12. The summed E-state index contributed by atoms with van der Waals surface area (Å²) >= 11 is 6.06. The highest BCUT2D eigenvalue weighted by atomic mass is 35.5. The molecule has 1 atom stereocenters. The average molecular weight is 245 g/mol. The van der Waals surface area contributed by atoms with E-state index in [0.717, 1.165) is 38.5 Å². The number of aromatic amines is 1. The second-order valence-electron chi connectivity index (χ2n) is 3.83. The molecule has 2 N–H and O–H groups in total. The third-order valence-electron chi connectivity index (χ3n) is 2.84. The van der Waals surface area contributed by atoms with Gasteiger partial charge in [0.1, 0.15) is 0 Å². The normalized spacial score (nSPS) is 19.9. The molecule has 1 unspecified atom stereocenters.